The summed E-state index contributed by atoms with van der Waals surface area (Å²) in [6.45, 7) is 2.64. The Labute approximate surface area is 114 Å². The van der Waals surface area contributed by atoms with E-state index in [4.69, 9.17) is 9.52 Å². The summed E-state index contributed by atoms with van der Waals surface area (Å²) in [4.78, 5) is 0. The van der Waals surface area contributed by atoms with Crippen LogP contribution in [0.4, 0.5) is 5.69 Å². The topological polar surface area (TPSA) is 45.4 Å². The van der Waals surface area contributed by atoms with Gasteiger partial charge < -0.3 is 14.8 Å². The molecule has 0 atom stereocenters. The zero-order valence-corrected chi connectivity index (χ0v) is 11.7. The van der Waals surface area contributed by atoms with Gasteiger partial charge in [-0.15, -0.1) is 0 Å². The number of aliphatic hydroxyl groups excluding tert-OH is 1. The summed E-state index contributed by atoms with van der Waals surface area (Å²) in [5.41, 5.74) is 2.32. The quantitative estimate of drug-likeness (QED) is 0.838. The van der Waals surface area contributed by atoms with Crippen LogP contribution in [0.1, 0.15) is 17.1 Å². The Kier molecular flexibility index (Phi) is 4.06. The maximum absolute atomic E-state index is 8.90. The van der Waals surface area contributed by atoms with E-state index in [1.54, 1.807) is 6.07 Å². The minimum Gasteiger partial charge on any atom is -0.462 e. The molecule has 1 heterocycles. The summed E-state index contributed by atoms with van der Waals surface area (Å²) in [6.07, 6.45) is 0. The highest BCUT2D eigenvalue weighted by Crippen LogP contribution is 2.19. The fourth-order valence-electron chi connectivity index (χ4n) is 1.57. The predicted molar refractivity (Wildman–Crippen MR) is 75.9 cm³/mol. The Hall–Kier alpha value is -1.01. The van der Waals surface area contributed by atoms with Crippen molar-refractivity contribution in [3.8, 4) is 0 Å². The average molecular weight is 343 g/mol. The largest absolute Gasteiger partial charge is 0.462 e. The van der Waals surface area contributed by atoms with Crippen LogP contribution in [0.25, 0.3) is 0 Å². The summed E-state index contributed by atoms with van der Waals surface area (Å²) in [5, 5.41) is 12.2. The standard InChI is InChI=1S/C13H14INO2/c1-9-2-3-10(14)6-13(9)15-7-11-4-5-12(8-16)17-11/h2-6,15-16H,7-8H2,1H3. The summed E-state index contributed by atoms with van der Waals surface area (Å²) in [6, 6.07) is 9.94. The third-order valence-corrected chi connectivity index (χ3v) is 3.20. The van der Waals surface area contributed by atoms with Gasteiger partial charge in [0.05, 0.1) is 6.54 Å². The van der Waals surface area contributed by atoms with Crippen LogP contribution in [0.15, 0.2) is 34.7 Å². The van der Waals surface area contributed by atoms with Crippen molar-refractivity contribution in [1.82, 2.24) is 0 Å². The Bertz CT molecular complexity index is 508. The van der Waals surface area contributed by atoms with Crippen LogP contribution in [-0.4, -0.2) is 5.11 Å². The lowest BCUT2D eigenvalue weighted by Gasteiger charge is -2.08. The molecule has 17 heavy (non-hydrogen) atoms. The van der Waals surface area contributed by atoms with Gasteiger partial charge in [-0.1, -0.05) is 6.07 Å². The maximum Gasteiger partial charge on any atom is 0.129 e. The Morgan fingerprint density at radius 1 is 1.24 bits per heavy atom. The zero-order chi connectivity index (χ0) is 12.3. The molecule has 0 fully saturated rings. The highest BCUT2D eigenvalue weighted by atomic mass is 127. The highest BCUT2D eigenvalue weighted by Gasteiger charge is 2.03. The fraction of sp³-hybridized carbons (Fsp3) is 0.231. The number of rotatable bonds is 4. The average Bonchev–Trinajstić information content (AvgIpc) is 2.78. The van der Waals surface area contributed by atoms with Gasteiger partial charge in [-0.3, -0.25) is 0 Å². The molecule has 4 heteroatoms. The molecule has 0 aliphatic carbocycles. The van der Waals surface area contributed by atoms with Crippen LogP contribution in [0.3, 0.4) is 0 Å². The number of benzene rings is 1. The number of hydrogen-bond acceptors (Lipinski definition) is 3. The number of aliphatic hydroxyl groups is 1. The Morgan fingerprint density at radius 2 is 2.00 bits per heavy atom. The minimum atomic E-state index is -0.0533. The van der Waals surface area contributed by atoms with E-state index in [-0.39, 0.29) is 6.61 Å². The van der Waals surface area contributed by atoms with Gasteiger partial charge in [0.25, 0.3) is 0 Å². The Balaban J connectivity index is 2.04. The second-order valence-electron chi connectivity index (χ2n) is 3.84. The smallest absolute Gasteiger partial charge is 0.129 e. The van der Waals surface area contributed by atoms with Crippen molar-refractivity contribution >= 4 is 28.3 Å². The molecule has 3 nitrogen and oxygen atoms in total. The molecule has 90 valence electrons. The lowest BCUT2D eigenvalue weighted by atomic mass is 10.2. The normalized spacial score (nSPS) is 10.5. The molecule has 0 bridgehead atoms. The van der Waals surface area contributed by atoms with Crippen LogP contribution in [0.2, 0.25) is 0 Å². The van der Waals surface area contributed by atoms with Gasteiger partial charge in [0.1, 0.15) is 18.1 Å². The van der Waals surface area contributed by atoms with Crippen molar-refractivity contribution in [2.45, 2.75) is 20.1 Å². The van der Waals surface area contributed by atoms with Crippen molar-refractivity contribution in [1.29, 1.82) is 0 Å². The van der Waals surface area contributed by atoms with Crippen LogP contribution in [-0.2, 0) is 13.2 Å². The second-order valence-corrected chi connectivity index (χ2v) is 5.08. The summed E-state index contributed by atoms with van der Waals surface area (Å²) in [5.74, 6) is 1.42. The van der Waals surface area contributed by atoms with Crippen LogP contribution < -0.4 is 5.32 Å². The first kappa shape index (κ1) is 12.4. The molecule has 0 aliphatic heterocycles. The number of furan rings is 1. The van der Waals surface area contributed by atoms with Crippen LogP contribution in [0, 0.1) is 10.5 Å². The van der Waals surface area contributed by atoms with Gasteiger partial charge in [-0.2, -0.15) is 0 Å². The van der Waals surface area contributed by atoms with E-state index in [1.165, 1.54) is 9.13 Å². The molecular formula is C13H14INO2. The summed E-state index contributed by atoms with van der Waals surface area (Å²) < 4.78 is 6.61. The van der Waals surface area contributed by atoms with Gasteiger partial charge in [0, 0.05) is 9.26 Å². The minimum absolute atomic E-state index is 0.0533. The predicted octanol–water partition coefficient (Wildman–Crippen LogP) is 3.30. The van der Waals surface area contributed by atoms with Crippen molar-refractivity contribution in [3.05, 3.63) is 51.0 Å². The van der Waals surface area contributed by atoms with E-state index in [9.17, 15) is 0 Å². The fourth-order valence-corrected chi connectivity index (χ4v) is 2.06. The van der Waals surface area contributed by atoms with E-state index in [1.807, 2.05) is 6.07 Å². The van der Waals surface area contributed by atoms with Crippen molar-refractivity contribution < 1.29 is 9.52 Å². The lowest BCUT2D eigenvalue weighted by molar-refractivity contribution is 0.244. The summed E-state index contributed by atoms with van der Waals surface area (Å²) in [7, 11) is 0. The monoisotopic (exact) mass is 343 g/mol. The number of anilines is 1. The van der Waals surface area contributed by atoms with Gasteiger partial charge in [-0.25, -0.2) is 0 Å². The van der Waals surface area contributed by atoms with E-state index >= 15 is 0 Å². The number of hydrogen-bond donors (Lipinski definition) is 2. The molecule has 0 radical (unpaired) electrons. The molecule has 0 spiro atoms. The van der Waals surface area contributed by atoms with Gasteiger partial charge in [0.15, 0.2) is 0 Å². The molecule has 1 aromatic carbocycles. The van der Waals surface area contributed by atoms with E-state index in [0.717, 1.165) is 11.4 Å². The van der Waals surface area contributed by atoms with Gasteiger partial charge >= 0.3 is 0 Å². The molecule has 2 aromatic rings. The zero-order valence-electron chi connectivity index (χ0n) is 9.53. The highest BCUT2D eigenvalue weighted by molar-refractivity contribution is 14.1. The number of nitrogens with one attached hydrogen (secondary N) is 1. The molecular weight excluding hydrogens is 329 g/mol. The van der Waals surface area contributed by atoms with Gasteiger partial charge in [-0.05, 0) is 59.3 Å². The molecule has 1 aromatic heterocycles. The van der Waals surface area contributed by atoms with Crippen LogP contribution in [0.5, 0.6) is 0 Å². The molecule has 0 aliphatic rings. The van der Waals surface area contributed by atoms with E-state index < -0.39 is 0 Å². The molecule has 0 unspecified atom stereocenters. The first-order chi connectivity index (χ1) is 8.19. The molecule has 0 saturated heterocycles. The molecule has 2 rings (SSSR count). The lowest BCUT2D eigenvalue weighted by Crippen LogP contribution is -2.00. The van der Waals surface area contributed by atoms with Crippen molar-refractivity contribution in [2.75, 3.05) is 5.32 Å². The maximum atomic E-state index is 8.90. The third-order valence-electron chi connectivity index (χ3n) is 2.53. The number of halogens is 1. The molecule has 0 amide bonds. The summed E-state index contributed by atoms with van der Waals surface area (Å²) >= 11 is 2.29. The van der Waals surface area contributed by atoms with Crippen molar-refractivity contribution in [3.63, 3.8) is 0 Å². The number of aryl methyl sites for hydroxylation is 1. The SMILES string of the molecule is Cc1ccc(I)cc1NCc1ccc(CO)o1. The third kappa shape index (κ3) is 3.23. The second kappa shape index (κ2) is 5.55. The van der Waals surface area contributed by atoms with E-state index in [2.05, 4.69) is 53.0 Å². The van der Waals surface area contributed by atoms with Crippen LogP contribution >= 0.6 is 22.6 Å². The molecule has 0 saturated carbocycles. The Morgan fingerprint density at radius 3 is 2.71 bits per heavy atom. The van der Waals surface area contributed by atoms with Crippen molar-refractivity contribution in [2.24, 2.45) is 0 Å². The van der Waals surface area contributed by atoms with E-state index in [0.29, 0.717) is 12.3 Å². The van der Waals surface area contributed by atoms with Gasteiger partial charge in [0.2, 0.25) is 0 Å². The first-order valence-electron chi connectivity index (χ1n) is 5.37. The molecule has 2 N–H and O–H groups in total. The first-order valence-corrected chi connectivity index (χ1v) is 6.45.